The molecule has 0 N–H and O–H groups in total. The summed E-state index contributed by atoms with van der Waals surface area (Å²) >= 11 is 0. The van der Waals surface area contributed by atoms with Gasteiger partial charge in [-0.2, -0.15) is 0 Å². The third kappa shape index (κ3) is 3.90. The van der Waals surface area contributed by atoms with Crippen LogP contribution in [0.25, 0.3) is 88.4 Å². The zero-order valence-electron chi connectivity index (χ0n) is 28.3. The summed E-state index contributed by atoms with van der Waals surface area (Å²) < 4.78 is 4.73. The lowest BCUT2D eigenvalue weighted by atomic mass is 9.85. The second kappa shape index (κ2) is 10.3. The van der Waals surface area contributed by atoms with Gasteiger partial charge in [0.2, 0.25) is 0 Å². The largest absolute Gasteiger partial charge is 0.309 e. The summed E-state index contributed by atoms with van der Waals surface area (Å²) in [6.07, 6.45) is 0. The number of benzene rings is 7. The van der Waals surface area contributed by atoms with Crippen molar-refractivity contribution in [3.8, 4) is 34.0 Å². The summed E-state index contributed by atoms with van der Waals surface area (Å²) in [5, 5.41) is 7.27. The van der Waals surface area contributed by atoms with Crippen molar-refractivity contribution in [3.63, 3.8) is 0 Å². The van der Waals surface area contributed by atoms with E-state index >= 15 is 0 Å². The highest BCUT2D eigenvalue weighted by atomic mass is 15.1. The number of nitrogens with zero attached hydrogens (tertiary/aromatic N) is 4. The molecule has 11 rings (SSSR count). The van der Waals surface area contributed by atoms with Crippen LogP contribution in [-0.2, 0) is 5.41 Å². The SMILES string of the molecule is CC1(C)c2ccccc2-c2nc(-n3c4ccccc4c4cc5ccccc5cc43)c(-c3ccc4c5ccccc5n(-c5ccccc5)c4c3)nc21. The summed E-state index contributed by atoms with van der Waals surface area (Å²) in [5.41, 5.74) is 11.7. The van der Waals surface area contributed by atoms with Gasteiger partial charge in [-0.3, -0.25) is 4.57 Å². The maximum Gasteiger partial charge on any atom is 0.165 e. The maximum absolute atomic E-state index is 5.69. The van der Waals surface area contributed by atoms with Gasteiger partial charge in [0, 0.05) is 43.8 Å². The van der Waals surface area contributed by atoms with Gasteiger partial charge in [0.1, 0.15) is 5.69 Å². The molecule has 0 unspecified atom stereocenters. The van der Waals surface area contributed by atoms with Crippen LogP contribution >= 0.6 is 0 Å². The van der Waals surface area contributed by atoms with E-state index in [-0.39, 0.29) is 5.41 Å². The molecule has 7 aromatic carbocycles. The molecule has 0 aliphatic heterocycles. The average Bonchev–Trinajstić information content (AvgIpc) is 3.76. The molecule has 0 spiro atoms. The zero-order valence-corrected chi connectivity index (χ0v) is 28.3. The first-order valence-electron chi connectivity index (χ1n) is 17.6. The van der Waals surface area contributed by atoms with Crippen molar-refractivity contribution in [1.29, 1.82) is 0 Å². The normalized spacial score (nSPS) is 13.5. The van der Waals surface area contributed by atoms with Crippen molar-refractivity contribution >= 4 is 54.4 Å². The van der Waals surface area contributed by atoms with E-state index < -0.39 is 0 Å². The van der Waals surface area contributed by atoms with Crippen molar-refractivity contribution in [2.24, 2.45) is 0 Å². The standard InChI is InChI=1S/C47H32N4/c1-47(2)38-21-11-8-20-36(38)44-45(47)48-43(31-24-25-35-33-18-9-12-22-39(33)50(41(35)28-31)32-16-4-3-5-17-32)46(49-44)51-40-23-13-10-19-34(40)37-26-29-14-6-7-15-30(29)27-42(37)51/h3-28H,1-2H3. The molecule has 240 valence electrons. The van der Waals surface area contributed by atoms with E-state index in [2.05, 4.69) is 181 Å². The van der Waals surface area contributed by atoms with E-state index in [1.54, 1.807) is 0 Å². The first kappa shape index (κ1) is 28.3. The molecular weight excluding hydrogens is 621 g/mol. The molecule has 0 radical (unpaired) electrons. The highest BCUT2D eigenvalue weighted by Crippen LogP contribution is 2.49. The molecule has 3 aromatic heterocycles. The van der Waals surface area contributed by atoms with Crippen LogP contribution < -0.4 is 0 Å². The molecular formula is C47H32N4. The average molecular weight is 653 g/mol. The van der Waals surface area contributed by atoms with Crippen molar-refractivity contribution in [2.45, 2.75) is 19.3 Å². The fourth-order valence-electron chi connectivity index (χ4n) is 8.62. The lowest BCUT2D eigenvalue weighted by Crippen LogP contribution is -2.18. The minimum Gasteiger partial charge on any atom is -0.309 e. The monoisotopic (exact) mass is 652 g/mol. The molecule has 3 heterocycles. The number of aromatic nitrogens is 4. The third-order valence-electron chi connectivity index (χ3n) is 11.0. The molecule has 0 saturated heterocycles. The quantitative estimate of drug-likeness (QED) is 0.190. The molecule has 0 atom stereocenters. The molecule has 10 aromatic rings. The summed E-state index contributed by atoms with van der Waals surface area (Å²) in [4.78, 5) is 11.4. The smallest absolute Gasteiger partial charge is 0.165 e. The molecule has 4 heteroatoms. The third-order valence-corrected chi connectivity index (χ3v) is 11.0. The van der Waals surface area contributed by atoms with E-state index in [1.807, 2.05) is 0 Å². The van der Waals surface area contributed by atoms with Crippen LogP contribution in [0.1, 0.15) is 25.1 Å². The van der Waals surface area contributed by atoms with Crippen LogP contribution in [0, 0.1) is 0 Å². The Balaban J connectivity index is 1.28. The Bertz CT molecular complexity index is 3050. The van der Waals surface area contributed by atoms with Crippen molar-refractivity contribution in [3.05, 3.63) is 169 Å². The number of fused-ring (bicyclic) bond motifs is 10. The van der Waals surface area contributed by atoms with E-state index in [0.717, 1.165) is 56.3 Å². The minimum absolute atomic E-state index is 0.299. The highest BCUT2D eigenvalue weighted by molar-refractivity contribution is 6.14. The topological polar surface area (TPSA) is 35.6 Å². The first-order valence-corrected chi connectivity index (χ1v) is 17.6. The summed E-state index contributed by atoms with van der Waals surface area (Å²) in [5.74, 6) is 0.837. The second-order valence-electron chi connectivity index (χ2n) is 14.3. The highest BCUT2D eigenvalue weighted by Gasteiger charge is 2.39. The summed E-state index contributed by atoms with van der Waals surface area (Å²) in [6, 6.07) is 56.8. The van der Waals surface area contributed by atoms with Gasteiger partial charge in [0.15, 0.2) is 5.82 Å². The zero-order chi connectivity index (χ0) is 33.8. The maximum atomic E-state index is 5.69. The van der Waals surface area contributed by atoms with Crippen LogP contribution in [0.4, 0.5) is 0 Å². The first-order chi connectivity index (χ1) is 25.1. The number of hydrogen-bond acceptors (Lipinski definition) is 2. The predicted octanol–water partition coefficient (Wildman–Crippen LogP) is 11.8. The fraction of sp³-hybridized carbons (Fsp3) is 0.0638. The molecule has 0 fully saturated rings. The number of rotatable bonds is 3. The van der Waals surface area contributed by atoms with E-state index in [9.17, 15) is 0 Å². The van der Waals surface area contributed by atoms with Crippen LogP contribution in [-0.4, -0.2) is 19.1 Å². The molecule has 1 aliphatic rings. The van der Waals surface area contributed by atoms with Gasteiger partial charge in [-0.05, 0) is 58.8 Å². The van der Waals surface area contributed by atoms with Gasteiger partial charge >= 0.3 is 0 Å². The van der Waals surface area contributed by atoms with Gasteiger partial charge in [-0.25, -0.2) is 9.97 Å². The molecule has 0 amide bonds. The van der Waals surface area contributed by atoms with E-state index in [0.29, 0.717) is 0 Å². The molecule has 0 bridgehead atoms. The summed E-state index contributed by atoms with van der Waals surface area (Å²) in [6.45, 7) is 4.55. The van der Waals surface area contributed by atoms with Gasteiger partial charge < -0.3 is 4.57 Å². The van der Waals surface area contributed by atoms with Gasteiger partial charge in [-0.1, -0.05) is 129 Å². The van der Waals surface area contributed by atoms with Crippen molar-refractivity contribution in [2.75, 3.05) is 0 Å². The number of para-hydroxylation sites is 3. The molecule has 0 saturated carbocycles. The number of hydrogen-bond donors (Lipinski definition) is 0. The van der Waals surface area contributed by atoms with Crippen LogP contribution in [0.5, 0.6) is 0 Å². The van der Waals surface area contributed by atoms with E-state index in [4.69, 9.17) is 9.97 Å². The van der Waals surface area contributed by atoms with Crippen LogP contribution in [0.2, 0.25) is 0 Å². The van der Waals surface area contributed by atoms with Crippen LogP contribution in [0.3, 0.4) is 0 Å². The molecule has 4 nitrogen and oxygen atoms in total. The van der Waals surface area contributed by atoms with Gasteiger partial charge in [0.25, 0.3) is 0 Å². The van der Waals surface area contributed by atoms with Gasteiger partial charge in [0.05, 0.1) is 33.5 Å². The van der Waals surface area contributed by atoms with Gasteiger partial charge in [-0.15, -0.1) is 0 Å². The van der Waals surface area contributed by atoms with E-state index in [1.165, 1.54) is 43.4 Å². The Labute approximate surface area is 294 Å². The molecule has 1 aliphatic carbocycles. The Kier molecular flexibility index (Phi) is 5.70. The van der Waals surface area contributed by atoms with Crippen molar-refractivity contribution < 1.29 is 0 Å². The predicted molar refractivity (Wildman–Crippen MR) is 211 cm³/mol. The Hall–Kier alpha value is -6.52. The summed E-state index contributed by atoms with van der Waals surface area (Å²) in [7, 11) is 0. The Morgan fingerprint density at radius 1 is 0.451 bits per heavy atom. The Morgan fingerprint density at radius 2 is 1.06 bits per heavy atom. The lowest BCUT2D eigenvalue weighted by molar-refractivity contribution is 0.635. The molecule has 51 heavy (non-hydrogen) atoms. The minimum atomic E-state index is -0.299. The lowest BCUT2D eigenvalue weighted by Gasteiger charge is -2.21. The second-order valence-corrected chi connectivity index (χ2v) is 14.3. The van der Waals surface area contributed by atoms with Crippen LogP contribution in [0.15, 0.2) is 158 Å². The Morgan fingerprint density at radius 3 is 1.86 bits per heavy atom. The van der Waals surface area contributed by atoms with Crippen molar-refractivity contribution in [1.82, 2.24) is 19.1 Å². The fourth-order valence-corrected chi connectivity index (χ4v) is 8.62.